The van der Waals surface area contributed by atoms with Crippen molar-refractivity contribution in [1.29, 1.82) is 0 Å². The molecule has 0 radical (unpaired) electrons. The van der Waals surface area contributed by atoms with Crippen LogP contribution >= 0.6 is 0 Å². The maximum atomic E-state index is 10.7. The van der Waals surface area contributed by atoms with Crippen molar-refractivity contribution in [2.75, 3.05) is 0 Å². The summed E-state index contributed by atoms with van der Waals surface area (Å²) >= 11 is 0. The summed E-state index contributed by atoms with van der Waals surface area (Å²) in [5, 5.41) is 10.7. The predicted molar refractivity (Wildman–Crippen MR) is 70.6 cm³/mol. The molecule has 0 heterocycles. The molecule has 0 aromatic heterocycles. The molecule has 1 nitrogen and oxygen atoms in total. The van der Waals surface area contributed by atoms with Gasteiger partial charge in [0.1, 0.15) is 0 Å². The highest BCUT2D eigenvalue weighted by Crippen LogP contribution is 2.51. The van der Waals surface area contributed by atoms with E-state index in [0.717, 1.165) is 23.7 Å². The summed E-state index contributed by atoms with van der Waals surface area (Å²) in [6, 6.07) is 0. The first-order valence-electron chi connectivity index (χ1n) is 7.83. The lowest BCUT2D eigenvalue weighted by molar-refractivity contribution is -0.00449. The molecular formula is C16H28O. The smallest absolute Gasteiger partial charge is 0.0599 e. The molecular weight excluding hydrogens is 208 g/mol. The number of fused-ring (bicyclic) bond motifs is 2. The first kappa shape index (κ1) is 12.0. The molecule has 17 heavy (non-hydrogen) atoms. The molecule has 0 aromatic carbocycles. The molecule has 0 aromatic rings. The standard InChI is InChI=1S/C16H28O/c1-10-3-5-14(7-11(10)2)16(17)15-9-12-4-6-13(15)8-12/h10-17H,3-9H2,1-2H3. The molecule has 0 saturated heterocycles. The van der Waals surface area contributed by atoms with Crippen LogP contribution in [0.1, 0.15) is 58.8 Å². The van der Waals surface area contributed by atoms with E-state index in [0.29, 0.717) is 11.8 Å². The van der Waals surface area contributed by atoms with Crippen molar-refractivity contribution in [3.8, 4) is 0 Å². The van der Waals surface area contributed by atoms with Crippen molar-refractivity contribution in [3.05, 3.63) is 0 Å². The zero-order valence-electron chi connectivity index (χ0n) is 11.4. The van der Waals surface area contributed by atoms with Gasteiger partial charge in [0.25, 0.3) is 0 Å². The van der Waals surface area contributed by atoms with Crippen molar-refractivity contribution >= 4 is 0 Å². The molecule has 1 heteroatoms. The Balaban J connectivity index is 1.61. The maximum Gasteiger partial charge on any atom is 0.0599 e. The minimum Gasteiger partial charge on any atom is -0.393 e. The first-order valence-corrected chi connectivity index (χ1v) is 7.83. The fourth-order valence-electron chi connectivity index (χ4n) is 4.96. The molecule has 0 aliphatic heterocycles. The van der Waals surface area contributed by atoms with Gasteiger partial charge >= 0.3 is 0 Å². The van der Waals surface area contributed by atoms with Gasteiger partial charge in [-0.1, -0.05) is 26.7 Å². The second-order valence-electron chi connectivity index (χ2n) is 7.36. The third-order valence-corrected chi connectivity index (χ3v) is 6.35. The van der Waals surface area contributed by atoms with Crippen LogP contribution in [0.2, 0.25) is 0 Å². The molecule has 0 spiro atoms. The van der Waals surface area contributed by atoms with E-state index >= 15 is 0 Å². The molecule has 3 rings (SSSR count). The molecule has 7 unspecified atom stereocenters. The van der Waals surface area contributed by atoms with Gasteiger partial charge in [0.15, 0.2) is 0 Å². The van der Waals surface area contributed by atoms with Crippen LogP contribution in [0.25, 0.3) is 0 Å². The van der Waals surface area contributed by atoms with Crippen LogP contribution in [0.3, 0.4) is 0 Å². The fraction of sp³-hybridized carbons (Fsp3) is 1.00. The summed E-state index contributed by atoms with van der Waals surface area (Å²) in [6.45, 7) is 4.76. The lowest BCUT2D eigenvalue weighted by atomic mass is 9.69. The van der Waals surface area contributed by atoms with Crippen molar-refractivity contribution in [3.63, 3.8) is 0 Å². The monoisotopic (exact) mass is 236 g/mol. The molecule has 3 saturated carbocycles. The van der Waals surface area contributed by atoms with Gasteiger partial charge in [-0.3, -0.25) is 0 Å². The number of rotatable bonds is 2. The van der Waals surface area contributed by atoms with Gasteiger partial charge < -0.3 is 5.11 Å². The Morgan fingerprint density at radius 1 is 0.882 bits per heavy atom. The van der Waals surface area contributed by atoms with Gasteiger partial charge in [-0.15, -0.1) is 0 Å². The van der Waals surface area contributed by atoms with E-state index in [4.69, 9.17) is 0 Å². The third-order valence-electron chi connectivity index (χ3n) is 6.35. The van der Waals surface area contributed by atoms with Crippen LogP contribution in [0.5, 0.6) is 0 Å². The Bertz CT molecular complexity index is 275. The average Bonchev–Trinajstić information content (AvgIpc) is 2.93. The van der Waals surface area contributed by atoms with E-state index in [-0.39, 0.29) is 6.10 Å². The van der Waals surface area contributed by atoms with Gasteiger partial charge in [0.05, 0.1) is 6.10 Å². The van der Waals surface area contributed by atoms with Crippen molar-refractivity contribution < 1.29 is 5.11 Å². The lowest BCUT2D eigenvalue weighted by Gasteiger charge is -2.38. The molecule has 1 N–H and O–H groups in total. The Kier molecular flexibility index (Phi) is 3.23. The summed E-state index contributed by atoms with van der Waals surface area (Å²) in [6.07, 6.45) is 9.55. The largest absolute Gasteiger partial charge is 0.393 e. The summed E-state index contributed by atoms with van der Waals surface area (Å²) in [4.78, 5) is 0. The number of aliphatic hydroxyl groups is 1. The predicted octanol–water partition coefficient (Wildman–Crippen LogP) is 3.86. The highest BCUT2D eigenvalue weighted by Gasteiger charge is 2.45. The van der Waals surface area contributed by atoms with Crippen LogP contribution in [-0.2, 0) is 0 Å². The van der Waals surface area contributed by atoms with Crippen LogP contribution in [0, 0.1) is 35.5 Å². The Morgan fingerprint density at radius 3 is 2.29 bits per heavy atom. The summed E-state index contributed by atoms with van der Waals surface area (Å²) in [5.74, 6) is 4.83. The van der Waals surface area contributed by atoms with E-state index in [1.54, 1.807) is 0 Å². The van der Waals surface area contributed by atoms with Gasteiger partial charge in [-0.05, 0) is 67.6 Å². The zero-order chi connectivity index (χ0) is 12.0. The van der Waals surface area contributed by atoms with Crippen molar-refractivity contribution in [2.24, 2.45) is 35.5 Å². The van der Waals surface area contributed by atoms with Crippen molar-refractivity contribution in [1.82, 2.24) is 0 Å². The zero-order valence-corrected chi connectivity index (χ0v) is 11.4. The molecule has 3 aliphatic rings. The Morgan fingerprint density at radius 2 is 1.71 bits per heavy atom. The number of hydrogen-bond donors (Lipinski definition) is 1. The van der Waals surface area contributed by atoms with Gasteiger partial charge in [0.2, 0.25) is 0 Å². The fourth-order valence-corrected chi connectivity index (χ4v) is 4.96. The van der Waals surface area contributed by atoms with Gasteiger partial charge in [0, 0.05) is 0 Å². The Labute approximate surface area is 106 Å². The summed E-state index contributed by atoms with van der Waals surface area (Å²) in [7, 11) is 0. The minimum absolute atomic E-state index is 0.0280. The molecule has 98 valence electrons. The van der Waals surface area contributed by atoms with Crippen molar-refractivity contribution in [2.45, 2.75) is 64.9 Å². The molecule has 3 aliphatic carbocycles. The number of hydrogen-bond acceptors (Lipinski definition) is 1. The number of aliphatic hydroxyl groups excluding tert-OH is 1. The van der Waals surface area contributed by atoms with E-state index in [2.05, 4.69) is 13.8 Å². The van der Waals surface area contributed by atoms with Crippen LogP contribution in [0.15, 0.2) is 0 Å². The van der Waals surface area contributed by atoms with Gasteiger partial charge in [-0.25, -0.2) is 0 Å². The minimum atomic E-state index is 0.0280. The van der Waals surface area contributed by atoms with Crippen LogP contribution in [0.4, 0.5) is 0 Å². The second kappa shape index (κ2) is 4.57. The molecule has 7 atom stereocenters. The molecule has 3 fully saturated rings. The van der Waals surface area contributed by atoms with E-state index in [1.807, 2.05) is 0 Å². The van der Waals surface area contributed by atoms with Gasteiger partial charge in [-0.2, -0.15) is 0 Å². The van der Waals surface area contributed by atoms with Crippen LogP contribution in [-0.4, -0.2) is 11.2 Å². The third kappa shape index (κ3) is 2.16. The topological polar surface area (TPSA) is 20.2 Å². The highest BCUT2D eigenvalue weighted by atomic mass is 16.3. The Hall–Kier alpha value is -0.0400. The summed E-state index contributed by atoms with van der Waals surface area (Å²) in [5.41, 5.74) is 0. The second-order valence-corrected chi connectivity index (χ2v) is 7.36. The van der Waals surface area contributed by atoms with Crippen LogP contribution < -0.4 is 0 Å². The van der Waals surface area contributed by atoms with E-state index in [1.165, 1.54) is 44.9 Å². The normalized spacial score (nSPS) is 51.7. The quantitative estimate of drug-likeness (QED) is 0.772. The molecule has 2 bridgehead atoms. The highest BCUT2D eigenvalue weighted by molar-refractivity contribution is 4.95. The summed E-state index contributed by atoms with van der Waals surface area (Å²) < 4.78 is 0. The van der Waals surface area contributed by atoms with E-state index in [9.17, 15) is 5.11 Å². The first-order chi connectivity index (χ1) is 8.15. The maximum absolute atomic E-state index is 10.7. The SMILES string of the molecule is CC1CCC(C(O)C2CC3CCC2C3)CC1C. The van der Waals surface area contributed by atoms with E-state index < -0.39 is 0 Å². The average molecular weight is 236 g/mol. The lowest BCUT2D eigenvalue weighted by Crippen LogP contribution is -2.36. The molecule has 0 amide bonds.